The van der Waals surface area contributed by atoms with Gasteiger partial charge in [-0.3, -0.25) is 0 Å². The summed E-state index contributed by atoms with van der Waals surface area (Å²) < 4.78 is 36.2. The van der Waals surface area contributed by atoms with E-state index < -0.39 is 30.1 Å². The van der Waals surface area contributed by atoms with E-state index in [-0.39, 0.29) is 12.2 Å². The number of fused-ring (bicyclic) bond motifs is 3. The molecule has 0 unspecified atom stereocenters. The minimum Gasteiger partial charge on any atom is -0.418 e. The van der Waals surface area contributed by atoms with Crippen LogP contribution in [0.4, 0.5) is 0 Å². The Morgan fingerprint density at radius 2 is 1.44 bits per heavy atom. The second-order valence-electron chi connectivity index (χ2n) is 7.90. The van der Waals surface area contributed by atoms with Crippen molar-refractivity contribution in [3.63, 3.8) is 0 Å². The Morgan fingerprint density at radius 3 is 2.22 bits per heavy atom. The first-order chi connectivity index (χ1) is 12.8. The third kappa shape index (κ3) is 2.97. The van der Waals surface area contributed by atoms with E-state index in [4.69, 9.17) is 28.1 Å². The fourth-order valence-corrected chi connectivity index (χ4v) is 3.86. The van der Waals surface area contributed by atoms with Gasteiger partial charge in [0.15, 0.2) is 24.0 Å². The van der Waals surface area contributed by atoms with Gasteiger partial charge in [0.2, 0.25) is 11.8 Å². The summed E-state index contributed by atoms with van der Waals surface area (Å²) in [4.78, 5) is 0. The Kier molecular flexibility index (Phi) is 3.73. The van der Waals surface area contributed by atoms with Crippen LogP contribution < -0.4 is 0 Å². The molecule has 8 nitrogen and oxygen atoms in total. The first-order valence-corrected chi connectivity index (χ1v) is 9.07. The van der Waals surface area contributed by atoms with Crippen LogP contribution in [0, 0.1) is 0 Å². The highest BCUT2D eigenvalue weighted by atomic mass is 16.9. The predicted octanol–water partition coefficient (Wildman–Crippen LogP) is 2.81. The molecule has 3 aliphatic rings. The number of hydrogen-bond donors (Lipinski definition) is 0. The van der Waals surface area contributed by atoms with Gasteiger partial charge < -0.3 is 28.1 Å². The Labute approximate surface area is 156 Å². The molecule has 0 amide bonds. The number of ether oxygens (including phenoxy) is 5. The van der Waals surface area contributed by atoms with Crippen molar-refractivity contribution < 1.29 is 28.1 Å². The van der Waals surface area contributed by atoms with Gasteiger partial charge in [-0.15, -0.1) is 10.2 Å². The van der Waals surface area contributed by atoms with Gasteiger partial charge >= 0.3 is 0 Å². The van der Waals surface area contributed by atoms with Crippen molar-refractivity contribution in [1.29, 1.82) is 0 Å². The monoisotopic (exact) mass is 374 g/mol. The maximum atomic E-state index is 6.14. The maximum Gasteiger partial charge on any atom is 0.248 e. The lowest BCUT2D eigenvalue weighted by Gasteiger charge is -2.35. The van der Waals surface area contributed by atoms with Gasteiger partial charge in [-0.25, -0.2) is 0 Å². The maximum absolute atomic E-state index is 6.14. The van der Waals surface area contributed by atoms with E-state index in [0.29, 0.717) is 11.8 Å². The van der Waals surface area contributed by atoms with Gasteiger partial charge in [0.05, 0.1) is 0 Å². The number of benzene rings is 1. The van der Waals surface area contributed by atoms with Crippen LogP contribution in [0.15, 0.2) is 34.7 Å². The largest absolute Gasteiger partial charge is 0.418 e. The third-order valence-corrected chi connectivity index (χ3v) is 4.86. The number of aromatic nitrogens is 2. The minimum absolute atomic E-state index is 0.330. The standard InChI is InChI=1S/C19H22N2O6/c1-18(2)24-11-12(25-18)14-17(27-19(3,4)26-14)22-13(11)16-21-20-15(23-16)10-8-6-5-7-9-10/h5-9,11-14,17H,1-4H3/t11-,12+,13+,14-,17-/m1/s1. The molecule has 3 fully saturated rings. The highest BCUT2D eigenvalue weighted by Gasteiger charge is 2.62. The Morgan fingerprint density at radius 1 is 0.778 bits per heavy atom. The van der Waals surface area contributed by atoms with Crippen LogP contribution in [0.25, 0.3) is 11.5 Å². The SMILES string of the molecule is CC1(C)O[C@H]2[C@@H](O1)[C@@H](c1nnc(-c3ccccc3)o1)O[C@@H]1OC(C)(C)O[C@@H]12. The summed E-state index contributed by atoms with van der Waals surface area (Å²) in [7, 11) is 0. The van der Waals surface area contributed by atoms with Crippen LogP contribution in [0.3, 0.4) is 0 Å². The van der Waals surface area contributed by atoms with Crippen LogP contribution in [-0.4, -0.2) is 46.4 Å². The van der Waals surface area contributed by atoms with E-state index in [2.05, 4.69) is 10.2 Å². The molecule has 2 aromatic rings. The zero-order chi connectivity index (χ0) is 18.8. The molecule has 5 atom stereocenters. The van der Waals surface area contributed by atoms with Gasteiger partial charge in [0.25, 0.3) is 0 Å². The van der Waals surface area contributed by atoms with Crippen molar-refractivity contribution in [1.82, 2.24) is 10.2 Å². The quantitative estimate of drug-likeness (QED) is 0.793. The molecule has 0 radical (unpaired) electrons. The van der Waals surface area contributed by atoms with E-state index in [1.165, 1.54) is 0 Å². The van der Waals surface area contributed by atoms with Crippen molar-refractivity contribution in [2.24, 2.45) is 0 Å². The van der Waals surface area contributed by atoms with Gasteiger partial charge in [0.1, 0.15) is 18.3 Å². The molecule has 0 aliphatic carbocycles. The van der Waals surface area contributed by atoms with Crippen molar-refractivity contribution in [3.8, 4) is 11.5 Å². The van der Waals surface area contributed by atoms with Gasteiger partial charge in [0, 0.05) is 5.56 Å². The molecular weight excluding hydrogens is 352 g/mol. The molecular formula is C19H22N2O6. The molecule has 144 valence electrons. The molecule has 3 aliphatic heterocycles. The van der Waals surface area contributed by atoms with Crippen LogP contribution in [-0.2, 0) is 23.7 Å². The Hall–Kier alpha value is -1.84. The number of nitrogens with zero attached hydrogens (tertiary/aromatic N) is 2. The molecule has 4 heterocycles. The summed E-state index contributed by atoms with van der Waals surface area (Å²) in [6, 6.07) is 9.58. The highest BCUT2D eigenvalue weighted by molar-refractivity contribution is 5.51. The average molecular weight is 374 g/mol. The van der Waals surface area contributed by atoms with E-state index in [9.17, 15) is 0 Å². The van der Waals surface area contributed by atoms with E-state index in [1.54, 1.807) is 0 Å². The van der Waals surface area contributed by atoms with Gasteiger partial charge in [-0.2, -0.15) is 0 Å². The van der Waals surface area contributed by atoms with E-state index in [0.717, 1.165) is 5.56 Å². The lowest BCUT2D eigenvalue weighted by atomic mass is 9.99. The Bertz CT molecular complexity index is 836. The molecule has 8 heteroatoms. The first kappa shape index (κ1) is 17.3. The summed E-state index contributed by atoms with van der Waals surface area (Å²) in [5, 5.41) is 8.36. The van der Waals surface area contributed by atoms with E-state index >= 15 is 0 Å². The number of rotatable bonds is 2. The average Bonchev–Trinajstić information content (AvgIpc) is 3.28. The third-order valence-electron chi connectivity index (χ3n) is 4.86. The molecule has 3 saturated heterocycles. The number of hydrogen-bond acceptors (Lipinski definition) is 8. The molecule has 1 aromatic carbocycles. The second kappa shape index (κ2) is 5.83. The highest BCUT2D eigenvalue weighted by Crippen LogP contribution is 2.48. The Balaban J connectivity index is 1.48. The summed E-state index contributed by atoms with van der Waals surface area (Å²) >= 11 is 0. The zero-order valence-corrected chi connectivity index (χ0v) is 15.6. The minimum atomic E-state index is -0.774. The van der Waals surface area contributed by atoms with Gasteiger partial charge in [-0.05, 0) is 39.8 Å². The van der Waals surface area contributed by atoms with Crippen LogP contribution >= 0.6 is 0 Å². The summed E-state index contributed by atoms with van der Waals surface area (Å²) in [6.45, 7) is 7.42. The molecule has 1 aromatic heterocycles. The van der Waals surface area contributed by atoms with Crippen molar-refractivity contribution >= 4 is 0 Å². The van der Waals surface area contributed by atoms with Crippen LogP contribution in [0.5, 0.6) is 0 Å². The molecule has 27 heavy (non-hydrogen) atoms. The fourth-order valence-electron chi connectivity index (χ4n) is 3.86. The second-order valence-corrected chi connectivity index (χ2v) is 7.90. The van der Waals surface area contributed by atoms with Crippen molar-refractivity contribution in [2.45, 2.75) is 70.0 Å². The van der Waals surface area contributed by atoms with Crippen molar-refractivity contribution in [2.75, 3.05) is 0 Å². The first-order valence-electron chi connectivity index (χ1n) is 9.07. The fraction of sp³-hybridized carbons (Fsp3) is 0.579. The lowest BCUT2D eigenvalue weighted by Crippen LogP contribution is -2.51. The molecule has 0 spiro atoms. The normalized spacial score (nSPS) is 36.4. The molecule has 0 N–H and O–H groups in total. The molecule has 0 saturated carbocycles. The predicted molar refractivity (Wildman–Crippen MR) is 91.2 cm³/mol. The summed E-state index contributed by atoms with van der Waals surface area (Å²) in [5.74, 6) is -0.786. The van der Waals surface area contributed by atoms with Crippen LogP contribution in [0.1, 0.15) is 39.7 Å². The van der Waals surface area contributed by atoms with Crippen LogP contribution in [0.2, 0.25) is 0 Å². The van der Waals surface area contributed by atoms with E-state index in [1.807, 2.05) is 58.0 Å². The molecule has 0 bridgehead atoms. The molecule has 5 rings (SSSR count). The smallest absolute Gasteiger partial charge is 0.248 e. The van der Waals surface area contributed by atoms with Gasteiger partial charge in [-0.1, -0.05) is 18.2 Å². The topological polar surface area (TPSA) is 85.1 Å². The zero-order valence-electron chi connectivity index (χ0n) is 15.6. The summed E-state index contributed by atoms with van der Waals surface area (Å²) in [5.41, 5.74) is 0.840. The summed E-state index contributed by atoms with van der Waals surface area (Å²) in [6.07, 6.45) is -2.41. The van der Waals surface area contributed by atoms with Crippen molar-refractivity contribution in [3.05, 3.63) is 36.2 Å². The lowest BCUT2D eigenvalue weighted by molar-refractivity contribution is -0.240.